The molecule has 0 saturated carbocycles. The lowest BCUT2D eigenvalue weighted by atomic mass is 10.1. The number of hydrogen-bond donors (Lipinski definition) is 1. The summed E-state index contributed by atoms with van der Waals surface area (Å²) in [5, 5.41) is 0. The number of pyridine rings is 1. The molecule has 2 heterocycles. The molecule has 0 aliphatic rings. The molecule has 0 fully saturated rings. The van der Waals surface area contributed by atoms with Gasteiger partial charge in [0.15, 0.2) is 0 Å². The van der Waals surface area contributed by atoms with Crippen LogP contribution >= 0.6 is 0 Å². The van der Waals surface area contributed by atoms with E-state index in [0.717, 1.165) is 22.2 Å². The Bertz CT molecular complexity index is 589. The number of aromatic nitrogens is 3. The van der Waals surface area contributed by atoms with E-state index in [2.05, 4.69) is 21.0 Å². The smallest absolute Gasteiger partial charge is 0.0961 e. The van der Waals surface area contributed by atoms with Gasteiger partial charge in [0.05, 0.1) is 17.4 Å². The molecule has 0 unspecified atom stereocenters. The van der Waals surface area contributed by atoms with Crippen LogP contribution < -0.4 is 0 Å². The van der Waals surface area contributed by atoms with E-state index in [-0.39, 0.29) is 1.43 Å². The highest BCUT2D eigenvalue weighted by atomic mass is 14.9. The molecule has 3 aromatic rings. The lowest BCUT2D eigenvalue weighted by molar-refractivity contribution is 1.33. The lowest BCUT2D eigenvalue weighted by Gasteiger charge is -2.00. The van der Waals surface area contributed by atoms with Gasteiger partial charge in [-0.3, -0.25) is 4.98 Å². The third kappa shape index (κ3) is 1.29. The number of fused-ring (bicyclic) bond motifs is 1. The van der Waals surface area contributed by atoms with Crippen LogP contribution in [0.2, 0.25) is 0 Å². The molecule has 0 aliphatic heterocycles. The molecule has 0 amide bonds. The first-order valence-corrected chi connectivity index (χ1v) is 4.77. The van der Waals surface area contributed by atoms with Crippen molar-refractivity contribution >= 4 is 11.0 Å². The van der Waals surface area contributed by atoms with Gasteiger partial charge in [-0.15, -0.1) is 0 Å². The Kier molecular flexibility index (Phi) is 1.75. The number of benzene rings is 1. The van der Waals surface area contributed by atoms with E-state index in [1.807, 2.05) is 30.5 Å². The van der Waals surface area contributed by atoms with Crippen molar-refractivity contribution in [2.45, 2.75) is 0 Å². The predicted octanol–water partition coefficient (Wildman–Crippen LogP) is 2.87. The molecule has 3 heteroatoms. The Morgan fingerprint density at radius 2 is 2.13 bits per heavy atom. The maximum absolute atomic E-state index is 4.31. The van der Waals surface area contributed by atoms with Crippen molar-refractivity contribution < 1.29 is 1.43 Å². The van der Waals surface area contributed by atoms with Crippen LogP contribution in [-0.2, 0) is 0 Å². The number of imidazole rings is 1. The Hall–Kier alpha value is -2.16. The summed E-state index contributed by atoms with van der Waals surface area (Å²) in [7, 11) is 0. The molecule has 3 nitrogen and oxygen atoms in total. The molecule has 0 atom stereocenters. The SMILES string of the molecule is [HH].c1cncc(-c2cccc3[nH]cnc23)c1. The van der Waals surface area contributed by atoms with Crippen molar-refractivity contribution in [1.82, 2.24) is 15.0 Å². The maximum Gasteiger partial charge on any atom is 0.0961 e. The summed E-state index contributed by atoms with van der Waals surface area (Å²) in [4.78, 5) is 11.5. The number of nitrogens with zero attached hydrogens (tertiary/aromatic N) is 2. The van der Waals surface area contributed by atoms with Crippen LogP contribution in [0.15, 0.2) is 49.1 Å². The van der Waals surface area contributed by atoms with Gasteiger partial charge in [0.2, 0.25) is 0 Å². The Balaban J connectivity index is 0.000000963. The van der Waals surface area contributed by atoms with Gasteiger partial charge in [0.1, 0.15) is 0 Å². The van der Waals surface area contributed by atoms with Crippen molar-refractivity contribution in [3.8, 4) is 11.1 Å². The number of para-hydroxylation sites is 1. The highest BCUT2D eigenvalue weighted by Gasteiger charge is 2.04. The van der Waals surface area contributed by atoms with Crippen molar-refractivity contribution in [2.75, 3.05) is 0 Å². The molecule has 2 aromatic heterocycles. The number of aromatic amines is 1. The molecule has 0 spiro atoms. The molecule has 0 saturated heterocycles. The Labute approximate surface area is 88.3 Å². The molecule has 1 N–H and O–H groups in total. The molecule has 1 aromatic carbocycles. The summed E-state index contributed by atoms with van der Waals surface area (Å²) < 4.78 is 0. The first-order chi connectivity index (χ1) is 7.45. The molecule has 15 heavy (non-hydrogen) atoms. The monoisotopic (exact) mass is 197 g/mol. The second kappa shape index (κ2) is 3.20. The van der Waals surface area contributed by atoms with Gasteiger partial charge in [-0.05, 0) is 12.1 Å². The molecular weight excluding hydrogens is 186 g/mol. The summed E-state index contributed by atoms with van der Waals surface area (Å²) in [5.74, 6) is 0. The van der Waals surface area contributed by atoms with Gasteiger partial charge in [-0.25, -0.2) is 4.98 Å². The van der Waals surface area contributed by atoms with Crippen LogP contribution in [0.25, 0.3) is 22.2 Å². The summed E-state index contributed by atoms with van der Waals surface area (Å²) in [6.07, 6.45) is 5.34. The summed E-state index contributed by atoms with van der Waals surface area (Å²) >= 11 is 0. The van der Waals surface area contributed by atoms with Crippen molar-refractivity contribution in [3.63, 3.8) is 0 Å². The lowest BCUT2D eigenvalue weighted by Crippen LogP contribution is -1.81. The minimum atomic E-state index is 0. The van der Waals surface area contributed by atoms with Gasteiger partial charge in [0, 0.05) is 24.9 Å². The highest BCUT2D eigenvalue weighted by Crippen LogP contribution is 2.25. The van der Waals surface area contributed by atoms with Crippen LogP contribution in [-0.4, -0.2) is 15.0 Å². The van der Waals surface area contributed by atoms with Gasteiger partial charge in [0.25, 0.3) is 0 Å². The molecule has 0 bridgehead atoms. The van der Waals surface area contributed by atoms with Crippen molar-refractivity contribution in [2.24, 2.45) is 0 Å². The summed E-state index contributed by atoms with van der Waals surface area (Å²) in [6.45, 7) is 0. The van der Waals surface area contributed by atoms with Crippen LogP contribution in [0.1, 0.15) is 1.43 Å². The minimum Gasteiger partial charge on any atom is -0.345 e. The number of H-pyrrole nitrogens is 1. The second-order valence-electron chi connectivity index (χ2n) is 3.35. The third-order valence-electron chi connectivity index (χ3n) is 2.42. The van der Waals surface area contributed by atoms with E-state index >= 15 is 0 Å². The molecule has 74 valence electrons. The largest absolute Gasteiger partial charge is 0.345 e. The average Bonchev–Trinajstić information content (AvgIpc) is 2.78. The zero-order valence-electron chi connectivity index (χ0n) is 8.01. The number of hydrogen-bond acceptors (Lipinski definition) is 2. The Morgan fingerprint density at radius 1 is 1.13 bits per heavy atom. The van der Waals surface area contributed by atoms with Crippen molar-refractivity contribution in [3.05, 3.63) is 49.1 Å². The van der Waals surface area contributed by atoms with E-state index in [0.29, 0.717) is 0 Å². The van der Waals surface area contributed by atoms with Crippen LogP contribution in [0.5, 0.6) is 0 Å². The van der Waals surface area contributed by atoms with E-state index < -0.39 is 0 Å². The minimum absolute atomic E-state index is 0. The molecule has 0 radical (unpaired) electrons. The fourth-order valence-electron chi connectivity index (χ4n) is 1.72. The van der Waals surface area contributed by atoms with E-state index in [4.69, 9.17) is 0 Å². The van der Waals surface area contributed by atoms with Gasteiger partial charge < -0.3 is 4.98 Å². The maximum atomic E-state index is 4.31. The van der Waals surface area contributed by atoms with E-state index in [1.165, 1.54) is 0 Å². The van der Waals surface area contributed by atoms with Crippen LogP contribution in [0, 0.1) is 0 Å². The number of rotatable bonds is 1. The first-order valence-electron chi connectivity index (χ1n) is 4.77. The zero-order chi connectivity index (χ0) is 10.1. The molecule has 0 aliphatic carbocycles. The zero-order valence-corrected chi connectivity index (χ0v) is 8.01. The van der Waals surface area contributed by atoms with Gasteiger partial charge >= 0.3 is 0 Å². The Morgan fingerprint density at radius 3 is 3.00 bits per heavy atom. The molecular formula is C12H11N3. The molecule has 3 rings (SSSR count). The van der Waals surface area contributed by atoms with Crippen molar-refractivity contribution in [1.29, 1.82) is 0 Å². The standard InChI is InChI=1S/C12H9N3.H2/c1-4-10(9-3-2-6-13-7-9)12-11(5-1)14-8-15-12;/h1-8H,(H,14,15);1H. The predicted molar refractivity (Wildman–Crippen MR) is 61.4 cm³/mol. The van der Waals surface area contributed by atoms with Crippen LogP contribution in [0.4, 0.5) is 0 Å². The van der Waals surface area contributed by atoms with E-state index in [9.17, 15) is 0 Å². The fraction of sp³-hybridized carbons (Fsp3) is 0. The quantitative estimate of drug-likeness (QED) is 0.651. The second-order valence-corrected chi connectivity index (χ2v) is 3.35. The summed E-state index contributed by atoms with van der Waals surface area (Å²) in [6, 6.07) is 10.1. The average molecular weight is 197 g/mol. The van der Waals surface area contributed by atoms with E-state index in [1.54, 1.807) is 12.5 Å². The first kappa shape index (κ1) is 8.17. The fourth-order valence-corrected chi connectivity index (χ4v) is 1.72. The third-order valence-corrected chi connectivity index (χ3v) is 2.42. The van der Waals surface area contributed by atoms with Crippen LogP contribution in [0.3, 0.4) is 0 Å². The topological polar surface area (TPSA) is 41.6 Å². The van der Waals surface area contributed by atoms with Gasteiger partial charge in [-0.1, -0.05) is 18.2 Å². The summed E-state index contributed by atoms with van der Waals surface area (Å²) in [5.41, 5.74) is 4.25. The number of nitrogens with one attached hydrogen (secondary N) is 1. The normalized spacial score (nSPS) is 10.7. The highest BCUT2D eigenvalue weighted by molar-refractivity contribution is 5.91. The van der Waals surface area contributed by atoms with Gasteiger partial charge in [-0.2, -0.15) is 0 Å².